The van der Waals surface area contributed by atoms with Gasteiger partial charge in [0.05, 0.1) is 0 Å². The lowest BCUT2D eigenvalue weighted by Gasteiger charge is -2.07. The van der Waals surface area contributed by atoms with Gasteiger partial charge in [0.2, 0.25) is 0 Å². The predicted octanol–water partition coefficient (Wildman–Crippen LogP) is 3.55. The Labute approximate surface area is 205 Å². The van der Waals surface area contributed by atoms with Crippen molar-refractivity contribution in [1.29, 1.82) is 0 Å². The number of rotatable bonds is 20. The highest BCUT2D eigenvalue weighted by atomic mass is 35.5. The van der Waals surface area contributed by atoms with Crippen molar-refractivity contribution in [2.24, 2.45) is 5.73 Å². The summed E-state index contributed by atoms with van der Waals surface area (Å²) < 4.78 is 0. The lowest BCUT2D eigenvalue weighted by Crippen LogP contribution is -2.22. The van der Waals surface area contributed by atoms with Crippen molar-refractivity contribution in [3.05, 3.63) is 0 Å². The van der Waals surface area contributed by atoms with Gasteiger partial charge < -0.3 is 27.0 Å². The van der Waals surface area contributed by atoms with E-state index in [2.05, 4.69) is 28.2 Å². The van der Waals surface area contributed by atoms with Crippen LogP contribution >= 0.6 is 62.0 Å². The second-order valence-corrected chi connectivity index (χ2v) is 6.22. The number of halogens is 5. The zero-order valence-corrected chi connectivity index (χ0v) is 21.7. The first kappa shape index (κ1) is 43.2. The maximum atomic E-state index is 5.46. The van der Waals surface area contributed by atoms with Crippen LogP contribution in [0, 0.1) is 0 Å². The lowest BCUT2D eigenvalue weighted by molar-refractivity contribution is 0.540. The van der Waals surface area contributed by atoms with Gasteiger partial charge >= 0.3 is 0 Å². The van der Waals surface area contributed by atoms with E-state index >= 15 is 0 Å². The van der Waals surface area contributed by atoms with Gasteiger partial charge in [-0.1, -0.05) is 6.92 Å². The summed E-state index contributed by atoms with van der Waals surface area (Å²) in [4.78, 5) is 0. The van der Waals surface area contributed by atoms with Crippen LogP contribution in [-0.2, 0) is 0 Å². The van der Waals surface area contributed by atoms with E-state index in [9.17, 15) is 0 Å². The van der Waals surface area contributed by atoms with Crippen LogP contribution < -0.4 is 27.0 Å². The molecule has 0 saturated heterocycles. The normalized spacial score (nSPS) is 9.21. The van der Waals surface area contributed by atoms with Crippen molar-refractivity contribution in [2.45, 2.75) is 58.3 Å². The molecule has 0 heterocycles. The van der Waals surface area contributed by atoms with Gasteiger partial charge in [0, 0.05) is 0 Å². The molecule has 180 valence electrons. The number of hydrogen-bond acceptors (Lipinski definition) is 5. The third kappa shape index (κ3) is 41.6. The Bertz CT molecular complexity index is 201. The fraction of sp³-hybridized carbons (Fsp3) is 1.00. The number of unbranched alkanes of at least 4 members (excludes halogenated alkanes) is 4. The van der Waals surface area contributed by atoms with Crippen LogP contribution in [-0.4, -0.2) is 58.9 Å². The van der Waals surface area contributed by atoms with Crippen LogP contribution in [0.3, 0.4) is 0 Å². The molecule has 0 aliphatic carbocycles. The van der Waals surface area contributed by atoms with Crippen molar-refractivity contribution in [3.8, 4) is 0 Å². The molecule has 0 bridgehead atoms. The van der Waals surface area contributed by atoms with E-state index < -0.39 is 0 Å². The summed E-state index contributed by atoms with van der Waals surface area (Å²) in [6.45, 7) is 12.1. The third-order valence-electron chi connectivity index (χ3n) is 3.93. The molecule has 0 aromatic rings. The van der Waals surface area contributed by atoms with E-state index in [1.54, 1.807) is 0 Å². The topological polar surface area (TPSA) is 74.1 Å². The molecule has 0 saturated carbocycles. The second kappa shape index (κ2) is 42.4. The van der Waals surface area contributed by atoms with Gasteiger partial charge in [-0.25, -0.2) is 0 Å². The summed E-state index contributed by atoms with van der Waals surface area (Å²) in [7, 11) is 0. The van der Waals surface area contributed by atoms with E-state index in [4.69, 9.17) is 5.73 Å². The minimum atomic E-state index is 0. The smallest absolute Gasteiger partial charge is 0.00484 e. The van der Waals surface area contributed by atoms with Gasteiger partial charge in [-0.3, -0.25) is 0 Å². The minimum Gasteiger partial charge on any atom is -0.330 e. The van der Waals surface area contributed by atoms with Crippen LogP contribution in [0.5, 0.6) is 0 Å². The Morgan fingerprint density at radius 1 is 0.429 bits per heavy atom. The maximum absolute atomic E-state index is 5.46. The Morgan fingerprint density at radius 3 is 0.929 bits per heavy atom. The summed E-state index contributed by atoms with van der Waals surface area (Å²) in [5, 5.41) is 13.9. The van der Waals surface area contributed by atoms with Crippen LogP contribution in [0.1, 0.15) is 58.3 Å². The largest absolute Gasteiger partial charge is 0.330 e. The first-order chi connectivity index (χ1) is 11.4. The van der Waals surface area contributed by atoms with E-state index in [-0.39, 0.29) is 62.0 Å². The molecular formula is C18H48Cl5N5. The highest BCUT2D eigenvalue weighted by Crippen LogP contribution is 1.90. The molecular weight excluding hydrogens is 463 g/mol. The highest BCUT2D eigenvalue weighted by Gasteiger charge is 1.92. The SMILES string of the molecule is CCNCCCCNCCCCNCCCCNCCCCN.Cl.Cl.Cl.Cl.Cl. The fourth-order valence-corrected chi connectivity index (χ4v) is 2.45. The van der Waals surface area contributed by atoms with E-state index in [0.717, 1.165) is 65.3 Å². The molecule has 5 nitrogen and oxygen atoms in total. The lowest BCUT2D eigenvalue weighted by atomic mass is 10.2. The molecule has 28 heavy (non-hydrogen) atoms. The van der Waals surface area contributed by atoms with Gasteiger partial charge in [0.25, 0.3) is 0 Å². The first-order valence-electron chi connectivity index (χ1n) is 9.94. The first-order valence-corrected chi connectivity index (χ1v) is 9.94. The van der Waals surface area contributed by atoms with Gasteiger partial charge in [-0.2, -0.15) is 0 Å². The minimum absolute atomic E-state index is 0. The summed E-state index contributed by atoms with van der Waals surface area (Å²) in [5.41, 5.74) is 5.46. The van der Waals surface area contributed by atoms with E-state index in [0.29, 0.717) is 0 Å². The molecule has 0 unspecified atom stereocenters. The second-order valence-electron chi connectivity index (χ2n) is 6.22. The molecule has 0 amide bonds. The molecule has 0 fully saturated rings. The molecule has 0 aromatic carbocycles. The Balaban J connectivity index is -0.000000242. The van der Waals surface area contributed by atoms with Gasteiger partial charge in [-0.15, -0.1) is 62.0 Å². The summed E-state index contributed by atoms with van der Waals surface area (Å²) >= 11 is 0. The van der Waals surface area contributed by atoms with Crippen molar-refractivity contribution >= 4 is 62.0 Å². The standard InChI is InChI=1S/C18H43N5.5ClH/c1-2-20-12-5-6-14-22-16-9-10-18-23-17-8-7-15-21-13-4-3-11-19;;;;;/h20-23H,2-19H2,1H3;5*1H. The van der Waals surface area contributed by atoms with Gasteiger partial charge in [0.1, 0.15) is 0 Å². The van der Waals surface area contributed by atoms with E-state index in [1.807, 2.05) is 0 Å². The molecule has 0 spiro atoms. The zero-order valence-electron chi connectivity index (χ0n) is 17.6. The van der Waals surface area contributed by atoms with Crippen LogP contribution in [0.4, 0.5) is 0 Å². The van der Waals surface area contributed by atoms with Crippen molar-refractivity contribution < 1.29 is 0 Å². The van der Waals surface area contributed by atoms with Crippen molar-refractivity contribution in [1.82, 2.24) is 21.3 Å². The zero-order chi connectivity index (χ0) is 16.8. The molecule has 10 heteroatoms. The molecule has 0 atom stereocenters. The average molecular weight is 512 g/mol. The van der Waals surface area contributed by atoms with Crippen molar-refractivity contribution in [2.75, 3.05) is 58.9 Å². The van der Waals surface area contributed by atoms with Gasteiger partial charge in [0.15, 0.2) is 0 Å². The molecule has 0 aliphatic heterocycles. The maximum Gasteiger partial charge on any atom is -0.00484 e. The van der Waals surface area contributed by atoms with Gasteiger partial charge in [-0.05, 0) is 110 Å². The van der Waals surface area contributed by atoms with E-state index in [1.165, 1.54) is 44.9 Å². The Hall–Kier alpha value is 1.25. The quantitative estimate of drug-likeness (QED) is 0.162. The predicted molar refractivity (Wildman–Crippen MR) is 139 cm³/mol. The highest BCUT2D eigenvalue weighted by molar-refractivity contribution is 5.86. The summed E-state index contributed by atoms with van der Waals surface area (Å²) in [5.74, 6) is 0. The van der Waals surface area contributed by atoms with Crippen molar-refractivity contribution in [3.63, 3.8) is 0 Å². The average Bonchev–Trinajstić information content (AvgIpc) is 2.57. The molecule has 0 rings (SSSR count). The van der Waals surface area contributed by atoms with Crippen LogP contribution in [0.25, 0.3) is 0 Å². The third-order valence-corrected chi connectivity index (χ3v) is 3.93. The molecule has 0 aliphatic rings. The Morgan fingerprint density at radius 2 is 0.679 bits per heavy atom. The fourth-order valence-electron chi connectivity index (χ4n) is 2.45. The monoisotopic (exact) mass is 509 g/mol. The molecule has 0 radical (unpaired) electrons. The molecule has 0 aromatic heterocycles. The Kier molecular flexibility index (Phi) is 65.4. The molecule has 6 N–H and O–H groups in total. The summed E-state index contributed by atoms with van der Waals surface area (Å²) in [6.07, 6.45) is 10.0. The summed E-state index contributed by atoms with van der Waals surface area (Å²) in [6, 6.07) is 0. The number of nitrogens with two attached hydrogens (primary N) is 1. The number of nitrogens with one attached hydrogen (secondary N) is 4. The van der Waals surface area contributed by atoms with Crippen LogP contribution in [0.15, 0.2) is 0 Å². The van der Waals surface area contributed by atoms with Crippen LogP contribution in [0.2, 0.25) is 0 Å². The number of hydrogen-bond donors (Lipinski definition) is 5.